The summed E-state index contributed by atoms with van der Waals surface area (Å²) in [7, 11) is -0.883. The van der Waals surface area contributed by atoms with E-state index in [4.69, 9.17) is 10.5 Å². The number of anilines is 1. The molecule has 0 radical (unpaired) electrons. The molecule has 106 valence electrons. The molecule has 1 aliphatic rings. The van der Waals surface area contributed by atoms with Gasteiger partial charge in [-0.05, 0) is 25.8 Å². The van der Waals surface area contributed by atoms with Gasteiger partial charge >= 0.3 is 0 Å². The van der Waals surface area contributed by atoms with Crippen molar-refractivity contribution < 1.29 is 8.95 Å². The Bertz CT molecular complexity index is 515. The molecule has 0 bridgehead atoms. The van der Waals surface area contributed by atoms with E-state index in [0.29, 0.717) is 31.0 Å². The van der Waals surface area contributed by atoms with Crippen LogP contribution in [0, 0.1) is 0 Å². The zero-order valence-corrected chi connectivity index (χ0v) is 11.9. The Kier molecular flexibility index (Phi) is 4.76. The van der Waals surface area contributed by atoms with E-state index in [0.717, 1.165) is 6.42 Å². The second-order valence-corrected chi connectivity index (χ2v) is 6.61. The Morgan fingerprint density at radius 3 is 3.00 bits per heavy atom. The van der Waals surface area contributed by atoms with Crippen LogP contribution in [0.2, 0.25) is 0 Å². The molecule has 6 heteroatoms. The monoisotopic (exact) mass is 284 g/mol. The number of hydrogen-bond donors (Lipinski definition) is 1. The highest BCUT2D eigenvalue weighted by Gasteiger charge is 2.28. The van der Waals surface area contributed by atoms with Crippen LogP contribution in [0.4, 0.5) is 5.69 Å². The molecule has 3 atom stereocenters. The Labute approximate surface area is 115 Å². The van der Waals surface area contributed by atoms with Crippen molar-refractivity contribution >= 4 is 16.5 Å². The molecule has 0 saturated carbocycles. The first kappa shape index (κ1) is 14.3. The van der Waals surface area contributed by atoms with Crippen molar-refractivity contribution in [3.8, 4) is 0 Å². The van der Waals surface area contributed by atoms with Gasteiger partial charge in [0.05, 0.1) is 11.4 Å². The van der Waals surface area contributed by atoms with E-state index >= 15 is 0 Å². The summed E-state index contributed by atoms with van der Waals surface area (Å²) in [6.45, 7) is 3.22. The molecular weight excluding hydrogens is 264 g/mol. The Morgan fingerprint density at radius 1 is 1.53 bits per heavy atom. The topological polar surface area (TPSA) is 74.3 Å². The molecule has 2 heterocycles. The van der Waals surface area contributed by atoms with Gasteiger partial charge in [-0.15, -0.1) is 0 Å². The van der Waals surface area contributed by atoms with Gasteiger partial charge in [-0.3, -0.25) is 9.00 Å². The van der Waals surface area contributed by atoms with Crippen LogP contribution in [-0.4, -0.2) is 32.5 Å². The lowest BCUT2D eigenvalue weighted by Crippen LogP contribution is -2.26. The summed E-state index contributed by atoms with van der Waals surface area (Å²) in [5, 5.41) is 0.137. The summed E-state index contributed by atoms with van der Waals surface area (Å²) in [5.41, 5.74) is 6.14. The molecule has 2 rings (SSSR count). The van der Waals surface area contributed by atoms with Crippen molar-refractivity contribution in [1.29, 1.82) is 0 Å². The third-order valence-corrected chi connectivity index (χ3v) is 5.38. The van der Waals surface area contributed by atoms with Crippen LogP contribution in [0.3, 0.4) is 0 Å². The highest BCUT2D eigenvalue weighted by atomic mass is 32.2. The molecule has 3 unspecified atom stereocenters. The van der Waals surface area contributed by atoms with Gasteiger partial charge < -0.3 is 15.0 Å². The van der Waals surface area contributed by atoms with Crippen molar-refractivity contribution in [2.24, 2.45) is 0 Å². The third-order valence-electron chi connectivity index (χ3n) is 3.40. The van der Waals surface area contributed by atoms with Gasteiger partial charge in [0, 0.05) is 47.7 Å². The summed E-state index contributed by atoms with van der Waals surface area (Å²) in [6, 6.07) is 3.05. The van der Waals surface area contributed by atoms with Crippen LogP contribution in [-0.2, 0) is 22.1 Å². The van der Waals surface area contributed by atoms with Gasteiger partial charge in [0.2, 0.25) is 0 Å². The van der Waals surface area contributed by atoms with E-state index in [1.165, 1.54) is 6.07 Å². The molecule has 1 saturated heterocycles. The van der Waals surface area contributed by atoms with Gasteiger partial charge in [-0.2, -0.15) is 0 Å². The molecule has 1 aromatic heterocycles. The fourth-order valence-corrected chi connectivity index (χ4v) is 3.89. The fraction of sp³-hybridized carbons (Fsp3) is 0.615. The van der Waals surface area contributed by atoms with Crippen LogP contribution >= 0.6 is 0 Å². The summed E-state index contributed by atoms with van der Waals surface area (Å²) >= 11 is 0. The lowest BCUT2D eigenvalue weighted by molar-refractivity contribution is 0.127. The van der Waals surface area contributed by atoms with Gasteiger partial charge in [0.25, 0.3) is 5.56 Å². The van der Waals surface area contributed by atoms with Gasteiger partial charge in [-0.25, -0.2) is 0 Å². The number of aromatic nitrogens is 1. The molecule has 2 N–H and O–H groups in total. The number of ether oxygens (including phenoxy) is 1. The van der Waals surface area contributed by atoms with Crippen molar-refractivity contribution in [2.45, 2.75) is 37.7 Å². The Balaban J connectivity index is 1.85. The first-order chi connectivity index (χ1) is 9.08. The number of rotatable bonds is 5. The zero-order valence-electron chi connectivity index (χ0n) is 11.1. The molecule has 0 aromatic carbocycles. The smallest absolute Gasteiger partial charge is 0.250 e. The average Bonchev–Trinajstić information content (AvgIpc) is 2.80. The van der Waals surface area contributed by atoms with Gasteiger partial charge in [-0.1, -0.05) is 0 Å². The minimum Gasteiger partial charge on any atom is -0.398 e. The summed E-state index contributed by atoms with van der Waals surface area (Å²) in [6.07, 6.45) is 3.29. The van der Waals surface area contributed by atoms with Crippen molar-refractivity contribution in [1.82, 2.24) is 4.57 Å². The molecule has 19 heavy (non-hydrogen) atoms. The molecule has 5 nitrogen and oxygen atoms in total. The number of aryl methyl sites for hydroxylation is 1. The number of hydrogen-bond acceptors (Lipinski definition) is 4. The first-order valence-electron chi connectivity index (χ1n) is 6.52. The molecule has 0 aliphatic carbocycles. The molecule has 0 spiro atoms. The minimum absolute atomic E-state index is 0.0717. The number of nitrogens with zero attached hydrogens (tertiary/aromatic N) is 1. The number of nitrogens with two attached hydrogens (primary N) is 1. The van der Waals surface area contributed by atoms with Crippen molar-refractivity contribution in [3.63, 3.8) is 0 Å². The van der Waals surface area contributed by atoms with Crippen molar-refractivity contribution in [2.75, 3.05) is 18.1 Å². The fourth-order valence-electron chi connectivity index (χ4n) is 2.31. The lowest BCUT2D eigenvalue weighted by atomic mass is 10.3. The summed E-state index contributed by atoms with van der Waals surface area (Å²) < 4.78 is 19.1. The number of nitrogen functional groups attached to an aromatic ring is 1. The van der Waals surface area contributed by atoms with E-state index in [1.54, 1.807) is 16.8 Å². The van der Waals surface area contributed by atoms with Crippen LogP contribution in [0.1, 0.15) is 19.8 Å². The minimum atomic E-state index is -0.883. The largest absolute Gasteiger partial charge is 0.398 e. The second kappa shape index (κ2) is 6.34. The van der Waals surface area contributed by atoms with E-state index in [2.05, 4.69) is 0 Å². The maximum absolute atomic E-state index is 12.1. The molecule has 0 amide bonds. The highest BCUT2D eigenvalue weighted by molar-refractivity contribution is 7.85. The lowest BCUT2D eigenvalue weighted by Gasteiger charge is -2.13. The zero-order chi connectivity index (χ0) is 13.8. The van der Waals surface area contributed by atoms with E-state index < -0.39 is 10.8 Å². The van der Waals surface area contributed by atoms with Gasteiger partial charge in [0.1, 0.15) is 0 Å². The standard InChI is InChI=1S/C13H20N2O3S/c1-10-12(5-7-18-10)19(17)8-2-6-15-9-11(14)3-4-13(15)16/h3-4,9-10,12H,2,5-8,14H2,1H3. The maximum atomic E-state index is 12.1. The van der Waals surface area contributed by atoms with Crippen LogP contribution in [0.25, 0.3) is 0 Å². The van der Waals surface area contributed by atoms with E-state index in [9.17, 15) is 9.00 Å². The van der Waals surface area contributed by atoms with E-state index in [1.807, 2.05) is 6.92 Å². The molecule has 1 aromatic rings. The number of pyridine rings is 1. The quantitative estimate of drug-likeness (QED) is 0.865. The first-order valence-corrected chi connectivity index (χ1v) is 7.91. The average molecular weight is 284 g/mol. The predicted molar refractivity (Wildman–Crippen MR) is 76.6 cm³/mol. The SMILES string of the molecule is CC1OCCC1S(=O)CCCn1cc(N)ccc1=O. The maximum Gasteiger partial charge on any atom is 0.250 e. The second-order valence-electron chi connectivity index (χ2n) is 4.84. The summed E-state index contributed by atoms with van der Waals surface area (Å²) in [5.74, 6) is 0.597. The molecular formula is C13H20N2O3S. The van der Waals surface area contributed by atoms with E-state index in [-0.39, 0.29) is 16.9 Å². The van der Waals surface area contributed by atoms with Gasteiger partial charge in [0.15, 0.2) is 0 Å². The summed E-state index contributed by atoms with van der Waals surface area (Å²) in [4.78, 5) is 11.6. The van der Waals surface area contributed by atoms with Crippen LogP contribution < -0.4 is 11.3 Å². The highest BCUT2D eigenvalue weighted by Crippen LogP contribution is 2.19. The molecule has 1 fully saturated rings. The van der Waals surface area contributed by atoms with Crippen molar-refractivity contribution in [3.05, 3.63) is 28.7 Å². The van der Waals surface area contributed by atoms with Crippen LogP contribution in [0.5, 0.6) is 0 Å². The predicted octanol–water partition coefficient (Wildman–Crippen LogP) is 0.747. The third kappa shape index (κ3) is 3.67. The Hall–Kier alpha value is -1.14. The Morgan fingerprint density at radius 2 is 2.32 bits per heavy atom. The normalized spacial score (nSPS) is 24.5. The van der Waals surface area contributed by atoms with Crippen LogP contribution in [0.15, 0.2) is 23.1 Å². The molecule has 1 aliphatic heterocycles.